The van der Waals surface area contributed by atoms with Crippen molar-refractivity contribution in [2.45, 2.75) is 5.92 Å². The Balaban J connectivity index is 2.42. The van der Waals surface area contributed by atoms with Gasteiger partial charge in [0.1, 0.15) is 11.7 Å². The van der Waals surface area contributed by atoms with E-state index in [9.17, 15) is 14.4 Å². The van der Waals surface area contributed by atoms with Gasteiger partial charge in [-0.2, -0.15) is 5.26 Å². The van der Waals surface area contributed by atoms with Crippen LogP contribution in [0.15, 0.2) is 46.9 Å². The van der Waals surface area contributed by atoms with Crippen LogP contribution >= 0.6 is 38.5 Å². The van der Waals surface area contributed by atoms with Crippen molar-refractivity contribution in [3.63, 3.8) is 0 Å². The molecule has 0 aliphatic heterocycles. The summed E-state index contributed by atoms with van der Waals surface area (Å²) in [4.78, 5) is 12.5. The van der Waals surface area contributed by atoms with Crippen molar-refractivity contribution < 1.29 is 9.18 Å². The second-order valence-corrected chi connectivity index (χ2v) is 6.18. The molecule has 0 fully saturated rings. The van der Waals surface area contributed by atoms with E-state index in [0.29, 0.717) is 11.1 Å². The lowest BCUT2D eigenvalue weighted by molar-refractivity contribution is 0.0978. The minimum Gasteiger partial charge on any atom is -0.292 e. The Hall–Kier alpha value is -1.26. The van der Waals surface area contributed by atoms with Gasteiger partial charge in [-0.3, -0.25) is 4.79 Å². The number of nitrogens with zero attached hydrogens (tertiary/aromatic N) is 1. The van der Waals surface area contributed by atoms with Crippen LogP contribution in [0.3, 0.4) is 0 Å². The van der Waals surface area contributed by atoms with Crippen LogP contribution < -0.4 is 0 Å². The highest BCUT2D eigenvalue weighted by Gasteiger charge is 2.23. The summed E-state index contributed by atoms with van der Waals surface area (Å²) >= 11 is 5.37. The Morgan fingerprint density at radius 2 is 1.90 bits per heavy atom. The SMILES string of the molecule is N#CC(C(=O)c1cc(Br)ccc1I)c1ccc(F)cc1. The number of benzene rings is 2. The predicted octanol–water partition coefficient (Wildman–Crippen LogP) is 4.68. The molecule has 2 nitrogen and oxygen atoms in total. The number of rotatable bonds is 3. The quantitative estimate of drug-likeness (QED) is 0.510. The maximum absolute atomic E-state index is 12.9. The molecule has 2 aromatic rings. The number of nitriles is 1. The molecule has 0 heterocycles. The first-order valence-electron chi connectivity index (χ1n) is 5.67. The van der Waals surface area contributed by atoms with Crippen molar-refractivity contribution in [1.82, 2.24) is 0 Å². The second-order valence-electron chi connectivity index (χ2n) is 4.10. The van der Waals surface area contributed by atoms with Crippen molar-refractivity contribution in [1.29, 1.82) is 5.26 Å². The smallest absolute Gasteiger partial charge is 0.185 e. The summed E-state index contributed by atoms with van der Waals surface area (Å²) in [5, 5.41) is 9.26. The van der Waals surface area contributed by atoms with E-state index in [1.54, 1.807) is 12.1 Å². The molecule has 0 aromatic heterocycles. The molecular formula is C15H8BrFINO. The van der Waals surface area contributed by atoms with Gasteiger partial charge in [-0.05, 0) is 58.5 Å². The molecule has 0 N–H and O–H groups in total. The van der Waals surface area contributed by atoms with E-state index < -0.39 is 11.7 Å². The van der Waals surface area contributed by atoms with E-state index in [1.807, 2.05) is 12.1 Å². The van der Waals surface area contributed by atoms with Gasteiger partial charge < -0.3 is 0 Å². The summed E-state index contributed by atoms with van der Waals surface area (Å²) in [6.45, 7) is 0. The van der Waals surface area contributed by atoms with Gasteiger partial charge in [-0.1, -0.05) is 28.1 Å². The van der Waals surface area contributed by atoms with Crippen molar-refractivity contribution in [3.8, 4) is 6.07 Å². The Labute approximate surface area is 137 Å². The van der Waals surface area contributed by atoms with Gasteiger partial charge in [0.2, 0.25) is 0 Å². The molecule has 5 heteroatoms. The Morgan fingerprint density at radius 1 is 1.25 bits per heavy atom. The summed E-state index contributed by atoms with van der Waals surface area (Å²) in [5.41, 5.74) is 0.977. The minimum absolute atomic E-state index is 0.287. The fourth-order valence-electron chi connectivity index (χ4n) is 1.78. The maximum Gasteiger partial charge on any atom is 0.185 e. The molecule has 20 heavy (non-hydrogen) atoms. The van der Waals surface area contributed by atoms with E-state index in [-0.39, 0.29) is 5.78 Å². The normalized spacial score (nSPS) is 11.7. The summed E-state index contributed by atoms with van der Waals surface area (Å²) in [5.74, 6) is -1.61. The molecule has 0 saturated carbocycles. The van der Waals surface area contributed by atoms with Crippen LogP contribution in [0.25, 0.3) is 0 Å². The molecule has 2 aromatic carbocycles. The molecule has 0 spiro atoms. The zero-order chi connectivity index (χ0) is 14.7. The van der Waals surface area contributed by atoms with Gasteiger partial charge in [0.15, 0.2) is 5.78 Å². The van der Waals surface area contributed by atoms with Crippen molar-refractivity contribution >= 4 is 44.3 Å². The van der Waals surface area contributed by atoms with Crippen LogP contribution in [0.5, 0.6) is 0 Å². The van der Waals surface area contributed by atoms with Crippen molar-refractivity contribution in [2.24, 2.45) is 0 Å². The van der Waals surface area contributed by atoms with E-state index in [4.69, 9.17) is 0 Å². The average molecular weight is 444 g/mol. The van der Waals surface area contributed by atoms with Crippen LogP contribution in [-0.4, -0.2) is 5.78 Å². The second kappa shape index (κ2) is 6.46. The largest absolute Gasteiger partial charge is 0.292 e. The lowest BCUT2D eigenvalue weighted by Gasteiger charge is -2.10. The zero-order valence-corrected chi connectivity index (χ0v) is 13.9. The molecule has 1 atom stereocenters. The Kier molecular flexibility index (Phi) is 4.89. The Morgan fingerprint density at radius 3 is 2.50 bits per heavy atom. The van der Waals surface area contributed by atoms with Gasteiger partial charge in [0.05, 0.1) is 6.07 Å². The molecule has 0 radical (unpaired) electrons. The van der Waals surface area contributed by atoms with E-state index >= 15 is 0 Å². The summed E-state index contributed by atoms with van der Waals surface area (Å²) in [6.07, 6.45) is 0. The van der Waals surface area contributed by atoms with Gasteiger partial charge >= 0.3 is 0 Å². The number of hydrogen-bond acceptors (Lipinski definition) is 2. The topological polar surface area (TPSA) is 40.9 Å². The fourth-order valence-corrected chi connectivity index (χ4v) is 2.74. The average Bonchev–Trinajstić information content (AvgIpc) is 2.44. The van der Waals surface area contributed by atoms with Gasteiger partial charge in [0.25, 0.3) is 0 Å². The van der Waals surface area contributed by atoms with Gasteiger partial charge in [-0.15, -0.1) is 0 Å². The summed E-state index contributed by atoms with van der Waals surface area (Å²) < 4.78 is 14.5. The van der Waals surface area contributed by atoms with Crippen molar-refractivity contribution in [2.75, 3.05) is 0 Å². The molecule has 2 rings (SSSR count). The molecule has 0 amide bonds. The van der Waals surface area contributed by atoms with E-state index in [0.717, 1.165) is 8.04 Å². The summed E-state index contributed by atoms with van der Waals surface area (Å²) in [7, 11) is 0. The number of carbonyl (C=O) groups is 1. The zero-order valence-electron chi connectivity index (χ0n) is 10.1. The predicted molar refractivity (Wildman–Crippen MR) is 85.9 cm³/mol. The first-order valence-corrected chi connectivity index (χ1v) is 7.54. The third-order valence-corrected chi connectivity index (χ3v) is 4.22. The van der Waals surface area contributed by atoms with Crippen LogP contribution in [0.2, 0.25) is 0 Å². The number of Topliss-reactive ketones (excluding diaryl/α,β-unsaturated/α-hetero) is 1. The Bertz CT molecular complexity index is 694. The fraction of sp³-hybridized carbons (Fsp3) is 0.0667. The van der Waals surface area contributed by atoms with Crippen molar-refractivity contribution in [3.05, 3.63) is 67.5 Å². The lowest BCUT2D eigenvalue weighted by Crippen LogP contribution is -2.12. The first-order chi connectivity index (χ1) is 9.52. The first kappa shape index (κ1) is 15.1. The standard InChI is InChI=1S/C15H8BrFINO/c16-10-3-6-14(18)12(7-10)15(20)13(8-19)9-1-4-11(17)5-2-9/h1-7,13H. The highest BCUT2D eigenvalue weighted by Crippen LogP contribution is 2.26. The van der Waals surface area contributed by atoms with Crippen LogP contribution in [0.4, 0.5) is 4.39 Å². The lowest BCUT2D eigenvalue weighted by atomic mass is 9.92. The van der Waals surface area contributed by atoms with Crippen LogP contribution in [0.1, 0.15) is 21.8 Å². The van der Waals surface area contributed by atoms with Crippen LogP contribution in [0, 0.1) is 20.7 Å². The van der Waals surface area contributed by atoms with E-state index in [1.165, 1.54) is 24.3 Å². The third-order valence-electron chi connectivity index (χ3n) is 2.79. The minimum atomic E-state index is -0.932. The van der Waals surface area contributed by atoms with Gasteiger partial charge in [0, 0.05) is 13.6 Å². The molecule has 0 saturated heterocycles. The third kappa shape index (κ3) is 3.25. The maximum atomic E-state index is 12.9. The summed E-state index contributed by atoms with van der Waals surface area (Å²) in [6, 6.07) is 12.7. The van der Waals surface area contributed by atoms with Gasteiger partial charge in [-0.25, -0.2) is 4.39 Å². The molecule has 0 aliphatic rings. The molecular weight excluding hydrogens is 436 g/mol. The molecule has 100 valence electrons. The molecule has 0 aliphatic carbocycles. The molecule has 1 unspecified atom stereocenters. The monoisotopic (exact) mass is 443 g/mol. The van der Waals surface area contributed by atoms with E-state index in [2.05, 4.69) is 38.5 Å². The number of carbonyl (C=O) groups excluding carboxylic acids is 1. The molecule has 0 bridgehead atoms. The highest BCUT2D eigenvalue weighted by atomic mass is 127. The number of ketones is 1. The number of hydrogen-bond donors (Lipinski definition) is 0. The van der Waals surface area contributed by atoms with Crippen LogP contribution in [-0.2, 0) is 0 Å². The highest BCUT2D eigenvalue weighted by molar-refractivity contribution is 14.1. The number of halogens is 3.